The number of phenols is 1. The molecule has 0 bridgehead atoms. The van der Waals surface area contributed by atoms with E-state index in [0.717, 1.165) is 11.3 Å². The Balaban J connectivity index is 0.00000341. The molecule has 0 aliphatic carbocycles. The number of aromatic hydroxyl groups is 1. The van der Waals surface area contributed by atoms with Crippen LogP contribution in [0.1, 0.15) is 23.0 Å². The number of hydrogen-bond acceptors (Lipinski definition) is 5. The molecule has 1 amide bonds. The molecule has 31 heavy (non-hydrogen) atoms. The van der Waals surface area contributed by atoms with Crippen LogP contribution in [0, 0.1) is 0 Å². The first-order valence-corrected chi connectivity index (χ1v) is 9.75. The highest BCUT2D eigenvalue weighted by molar-refractivity contribution is 14.0. The lowest BCUT2D eigenvalue weighted by atomic mass is 10.2. The Kier molecular flexibility index (Phi) is 9.82. The minimum atomic E-state index is -0.199. The van der Waals surface area contributed by atoms with Crippen molar-refractivity contribution in [1.29, 1.82) is 0 Å². The zero-order valence-electron chi connectivity index (χ0n) is 17.2. The van der Waals surface area contributed by atoms with Crippen LogP contribution in [0.4, 0.5) is 0 Å². The average Bonchev–Trinajstić information content (AvgIpc) is 3.25. The van der Waals surface area contributed by atoms with E-state index in [0.29, 0.717) is 43.6 Å². The fourth-order valence-electron chi connectivity index (χ4n) is 2.67. The molecule has 0 spiro atoms. The summed E-state index contributed by atoms with van der Waals surface area (Å²) in [5.74, 6) is 1.12. The molecular weight excluding hydrogens is 509 g/mol. The molecule has 0 atom stereocenters. The van der Waals surface area contributed by atoms with Crippen LogP contribution in [0.15, 0.2) is 70.3 Å². The van der Waals surface area contributed by atoms with Gasteiger partial charge in [-0.3, -0.25) is 4.79 Å². The predicted octanol–water partition coefficient (Wildman–Crippen LogP) is 3.15. The third-order valence-corrected chi connectivity index (χ3v) is 4.15. The maximum absolute atomic E-state index is 12.1. The van der Waals surface area contributed by atoms with Gasteiger partial charge >= 0.3 is 0 Å². The highest BCUT2D eigenvalue weighted by Gasteiger charge is 2.07. The SMILES string of the molecule is CCNC(=NCc1coc(-c2ccccc2)n1)NCCNC(=O)c1ccc(O)cc1.I. The first-order valence-electron chi connectivity index (χ1n) is 9.75. The van der Waals surface area contributed by atoms with Crippen LogP contribution in [-0.4, -0.2) is 41.6 Å². The smallest absolute Gasteiger partial charge is 0.251 e. The molecule has 0 unspecified atom stereocenters. The van der Waals surface area contributed by atoms with Crippen LogP contribution in [0.2, 0.25) is 0 Å². The fraction of sp³-hybridized carbons (Fsp3) is 0.227. The number of rotatable bonds is 8. The Hall–Kier alpha value is -3.08. The number of phenolic OH excluding ortho intramolecular Hbond substituents is 1. The van der Waals surface area contributed by atoms with Gasteiger partial charge in [-0.2, -0.15) is 0 Å². The molecule has 1 heterocycles. The molecule has 3 rings (SSSR count). The van der Waals surface area contributed by atoms with E-state index in [1.54, 1.807) is 18.4 Å². The van der Waals surface area contributed by atoms with Crippen molar-refractivity contribution in [2.45, 2.75) is 13.5 Å². The van der Waals surface area contributed by atoms with Gasteiger partial charge in [0.25, 0.3) is 5.91 Å². The van der Waals surface area contributed by atoms with Gasteiger partial charge in [-0.15, -0.1) is 24.0 Å². The first-order chi connectivity index (χ1) is 14.7. The van der Waals surface area contributed by atoms with Gasteiger partial charge in [-0.25, -0.2) is 9.98 Å². The largest absolute Gasteiger partial charge is 0.508 e. The van der Waals surface area contributed by atoms with Gasteiger partial charge in [0, 0.05) is 30.8 Å². The van der Waals surface area contributed by atoms with E-state index in [9.17, 15) is 9.90 Å². The number of aliphatic imine (C=N–C) groups is 1. The summed E-state index contributed by atoms with van der Waals surface area (Å²) in [6, 6.07) is 15.8. The molecule has 0 fully saturated rings. The number of aromatic nitrogens is 1. The normalized spacial score (nSPS) is 10.8. The average molecular weight is 535 g/mol. The van der Waals surface area contributed by atoms with Crippen molar-refractivity contribution in [2.24, 2.45) is 4.99 Å². The highest BCUT2D eigenvalue weighted by Crippen LogP contribution is 2.18. The van der Waals surface area contributed by atoms with E-state index in [1.165, 1.54) is 12.1 Å². The van der Waals surface area contributed by atoms with Crippen LogP contribution in [0.25, 0.3) is 11.5 Å². The number of carbonyl (C=O) groups is 1. The molecule has 9 heteroatoms. The summed E-state index contributed by atoms with van der Waals surface area (Å²) < 4.78 is 5.53. The van der Waals surface area contributed by atoms with Crippen molar-refractivity contribution in [3.63, 3.8) is 0 Å². The number of nitrogens with one attached hydrogen (secondary N) is 3. The molecule has 4 N–H and O–H groups in total. The van der Waals surface area contributed by atoms with Gasteiger partial charge in [-0.1, -0.05) is 18.2 Å². The standard InChI is InChI=1S/C22H25N5O3.HI/c1-2-23-22(25-13-12-24-20(29)16-8-10-19(28)11-9-16)26-14-18-15-30-21(27-18)17-6-4-3-5-7-17;/h3-11,15,28H,2,12-14H2,1H3,(H,24,29)(H2,23,25,26);1H. The van der Waals surface area contributed by atoms with Crippen LogP contribution < -0.4 is 16.0 Å². The summed E-state index contributed by atoms with van der Waals surface area (Å²) in [7, 11) is 0. The maximum atomic E-state index is 12.1. The Morgan fingerprint density at radius 3 is 2.45 bits per heavy atom. The van der Waals surface area contributed by atoms with Gasteiger partial charge < -0.3 is 25.5 Å². The molecule has 164 valence electrons. The van der Waals surface area contributed by atoms with Gasteiger partial charge in [0.1, 0.15) is 17.7 Å². The molecule has 0 saturated heterocycles. The fourth-order valence-corrected chi connectivity index (χ4v) is 2.67. The summed E-state index contributed by atoms with van der Waals surface area (Å²) >= 11 is 0. The number of amides is 1. The molecule has 0 saturated carbocycles. The van der Waals surface area contributed by atoms with Crippen LogP contribution in [-0.2, 0) is 6.54 Å². The number of guanidine groups is 1. The summed E-state index contributed by atoms with van der Waals surface area (Å²) in [6.07, 6.45) is 1.60. The molecule has 0 radical (unpaired) electrons. The van der Waals surface area contributed by atoms with Crippen molar-refractivity contribution in [3.8, 4) is 17.2 Å². The Bertz CT molecular complexity index is 974. The van der Waals surface area contributed by atoms with E-state index in [4.69, 9.17) is 4.42 Å². The van der Waals surface area contributed by atoms with E-state index in [2.05, 4.69) is 25.9 Å². The van der Waals surface area contributed by atoms with Crippen LogP contribution >= 0.6 is 24.0 Å². The summed E-state index contributed by atoms with van der Waals surface area (Å²) in [4.78, 5) is 21.0. The number of oxazole rings is 1. The summed E-state index contributed by atoms with van der Waals surface area (Å²) in [5.41, 5.74) is 2.14. The Morgan fingerprint density at radius 2 is 1.74 bits per heavy atom. The van der Waals surface area contributed by atoms with Crippen molar-refractivity contribution < 1.29 is 14.3 Å². The number of hydrogen-bond donors (Lipinski definition) is 4. The third-order valence-electron chi connectivity index (χ3n) is 4.15. The molecule has 1 aromatic heterocycles. The zero-order chi connectivity index (χ0) is 21.2. The second kappa shape index (κ2) is 12.6. The van der Waals surface area contributed by atoms with Gasteiger partial charge in [-0.05, 0) is 43.3 Å². The third kappa shape index (κ3) is 7.59. The quantitative estimate of drug-likeness (QED) is 0.153. The zero-order valence-corrected chi connectivity index (χ0v) is 19.5. The molecule has 0 aliphatic rings. The minimum Gasteiger partial charge on any atom is -0.508 e. The van der Waals surface area contributed by atoms with Crippen molar-refractivity contribution in [3.05, 3.63) is 72.1 Å². The molecule has 3 aromatic rings. The van der Waals surface area contributed by atoms with E-state index >= 15 is 0 Å². The first kappa shape index (κ1) is 24.2. The number of benzene rings is 2. The molecule has 8 nitrogen and oxygen atoms in total. The molecule has 2 aromatic carbocycles. The summed E-state index contributed by atoms with van der Waals surface area (Å²) in [6.45, 7) is 3.98. The van der Waals surface area contributed by atoms with Crippen LogP contribution in [0.5, 0.6) is 5.75 Å². The highest BCUT2D eigenvalue weighted by atomic mass is 127. The van der Waals surface area contributed by atoms with Crippen molar-refractivity contribution >= 4 is 35.8 Å². The minimum absolute atomic E-state index is 0. The number of nitrogens with zero attached hydrogens (tertiary/aromatic N) is 2. The van der Waals surface area contributed by atoms with E-state index in [1.807, 2.05) is 37.3 Å². The molecular formula is C22H26IN5O3. The second-order valence-electron chi connectivity index (χ2n) is 6.43. The Labute approximate surface area is 198 Å². The Morgan fingerprint density at radius 1 is 1.03 bits per heavy atom. The number of halogens is 1. The van der Waals surface area contributed by atoms with Crippen LogP contribution in [0.3, 0.4) is 0 Å². The molecule has 0 aliphatic heterocycles. The lowest BCUT2D eigenvalue weighted by molar-refractivity contribution is 0.0954. The van der Waals surface area contributed by atoms with E-state index < -0.39 is 0 Å². The predicted molar refractivity (Wildman–Crippen MR) is 131 cm³/mol. The van der Waals surface area contributed by atoms with E-state index in [-0.39, 0.29) is 35.6 Å². The van der Waals surface area contributed by atoms with Crippen molar-refractivity contribution in [1.82, 2.24) is 20.9 Å². The second-order valence-corrected chi connectivity index (χ2v) is 6.43. The lowest BCUT2D eigenvalue weighted by Gasteiger charge is -2.11. The maximum Gasteiger partial charge on any atom is 0.251 e. The van der Waals surface area contributed by atoms with Gasteiger partial charge in [0.05, 0.1) is 6.54 Å². The summed E-state index contributed by atoms with van der Waals surface area (Å²) in [5, 5.41) is 18.4. The van der Waals surface area contributed by atoms with Gasteiger partial charge in [0.2, 0.25) is 5.89 Å². The van der Waals surface area contributed by atoms with Crippen molar-refractivity contribution in [2.75, 3.05) is 19.6 Å². The number of carbonyl (C=O) groups excluding carboxylic acids is 1. The lowest BCUT2D eigenvalue weighted by Crippen LogP contribution is -2.41. The monoisotopic (exact) mass is 535 g/mol. The topological polar surface area (TPSA) is 112 Å². The van der Waals surface area contributed by atoms with Gasteiger partial charge in [0.15, 0.2) is 5.96 Å².